The van der Waals surface area contributed by atoms with Crippen molar-refractivity contribution in [3.8, 4) is 0 Å². The lowest BCUT2D eigenvalue weighted by molar-refractivity contribution is 0.0924. The lowest BCUT2D eigenvalue weighted by Crippen LogP contribution is -2.40. The quantitative estimate of drug-likeness (QED) is 0.692. The van der Waals surface area contributed by atoms with E-state index >= 15 is 0 Å². The van der Waals surface area contributed by atoms with Gasteiger partial charge in [0, 0.05) is 11.6 Å². The van der Waals surface area contributed by atoms with E-state index in [2.05, 4.69) is 12.2 Å². The molecular formula is C11H13NO. The molecule has 68 valence electrons. The first kappa shape index (κ1) is 8.30. The molecule has 1 aliphatic heterocycles. The van der Waals surface area contributed by atoms with E-state index < -0.39 is 0 Å². The second-order valence-electron chi connectivity index (χ2n) is 3.44. The molecule has 1 heterocycles. The molecule has 0 saturated heterocycles. The van der Waals surface area contributed by atoms with Crippen LogP contribution in [0, 0.1) is 0 Å². The molecule has 0 aromatic heterocycles. The van der Waals surface area contributed by atoms with E-state index in [0.717, 1.165) is 18.4 Å². The Labute approximate surface area is 78.0 Å². The first-order valence-electron chi connectivity index (χ1n) is 4.70. The maximum Gasteiger partial charge on any atom is 0.251 e. The first-order chi connectivity index (χ1) is 6.31. The highest BCUT2D eigenvalue weighted by Crippen LogP contribution is 2.17. The summed E-state index contributed by atoms with van der Waals surface area (Å²) in [5.41, 5.74) is 2.02. The number of carbonyl (C=O) groups excluding carboxylic acids is 1. The van der Waals surface area contributed by atoms with E-state index in [0.29, 0.717) is 6.04 Å². The molecule has 1 aromatic carbocycles. The van der Waals surface area contributed by atoms with Crippen LogP contribution in [0.2, 0.25) is 0 Å². The number of amides is 1. The second kappa shape index (κ2) is 3.21. The molecule has 1 amide bonds. The molecule has 0 bridgehead atoms. The largest absolute Gasteiger partial charge is 0.349 e. The van der Waals surface area contributed by atoms with E-state index in [1.807, 2.05) is 24.3 Å². The van der Waals surface area contributed by atoms with E-state index in [4.69, 9.17) is 0 Å². The third kappa shape index (κ3) is 1.44. The zero-order chi connectivity index (χ0) is 9.26. The summed E-state index contributed by atoms with van der Waals surface area (Å²) >= 11 is 0. The Morgan fingerprint density at radius 3 is 3.00 bits per heavy atom. The van der Waals surface area contributed by atoms with Crippen LogP contribution in [-0.2, 0) is 6.42 Å². The third-order valence-electron chi connectivity index (χ3n) is 2.56. The minimum atomic E-state index is 0.0775. The summed E-state index contributed by atoms with van der Waals surface area (Å²) in [5.74, 6) is 0.0775. The molecule has 1 atom stereocenters. The smallest absolute Gasteiger partial charge is 0.251 e. The van der Waals surface area contributed by atoms with Crippen molar-refractivity contribution < 1.29 is 4.79 Å². The molecule has 0 radical (unpaired) electrons. The molecule has 1 N–H and O–H groups in total. The van der Waals surface area contributed by atoms with Crippen molar-refractivity contribution in [3.63, 3.8) is 0 Å². The highest BCUT2D eigenvalue weighted by Gasteiger charge is 2.21. The Balaban J connectivity index is 2.37. The van der Waals surface area contributed by atoms with Gasteiger partial charge in [-0.1, -0.05) is 25.1 Å². The third-order valence-corrected chi connectivity index (χ3v) is 2.56. The summed E-state index contributed by atoms with van der Waals surface area (Å²) in [5, 5.41) is 2.98. The zero-order valence-corrected chi connectivity index (χ0v) is 7.71. The van der Waals surface area contributed by atoms with Gasteiger partial charge in [0.25, 0.3) is 5.91 Å². The fourth-order valence-corrected chi connectivity index (χ4v) is 1.75. The summed E-state index contributed by atoms with van der Waals surface area (Å²) in [6.45, 7) is 2.10. The van der Waals surface area contributed by atoms with Crippen molar-refractivity contribution in [2.45, 2.75) is 25.8 Å². The second-order valence-corrected chi connectivity index (χ2v) is 3.44. The molecule has 1 aromatic rings. The number of fused-ring (bicyclic) bond motifs is 1. The van der Waals surface area contributed by atoms with Gasteiger partial charge in [-0.25, -0.2) is 0 Å². The fourth-order valence-electron chi connectivity index (χ4n) is 1.75. The van der Waals surface area contributed by atoms with Crippen LogP contribution in [-0.4, -0.2) is 11.9 Å². The van der Waals surface area contributed by atoms with Gasteiger partial charge in [-0.05, 0) is 24.5 Å². The summed E-state index contributed by atoms with van der Waals surface area (Å²) < 4.78 is 0. The Morgan fingerprint density at radius 1 is 1.46 bits per heavy atom. The lowest BCUT2D eigenvalue weighted by atomic mass is 9.94. The molecule has 0 unspecified atom stereocenters. The summed E-state index contributed by atoms with van der Waals surface area (Å²) in [6, 6.07) is 8.14. The summed E-state index contributed by atoms with van der Waals surface area (Å²) in [6.07, 6.45) is 1.97. The van der Waals surface area contributed by atoms with Gasteiger partial charge in [0.05, 0.1) is 0 Å². The number of benzene rings is 1. The molecule has 1 aliphatic rings. The Hall–Kier alpha value is -1.31. The van der Waals surface area contributed by atoms with Crippen LogP contribution in [0.15, 0.2) is 24.3 Å². The SMILES string of the molecule is CC[C@H]1Cc2ccccc2C(=O)N1. The predicted molar refractivity (Wildman–Crippen MR) is 51.7 cm³/mol. The predicted octanol–water partition coefficient (Wildman–Crippen LogP) is 1.75. The number of hydrogen-bond donors (Lipinski definition) is 1. The van der Waals surface area contributed by atoms with Crippen molar-refractivity contribution in [1.29, 1.82) is 0 Å². The van der Waals surface area contributed by atoms with E-state index in [1.165, 1.54) is 5.56 Å². The summed E-state index contributed by atoms with van der Waals surface area (Å²) in [4.78, 5) is 11.5. The van der Waals surface area contributed by atoms with Gasteiger partial charge in [0.15, 0.2) is 0 Å². The maximum atomic E-state index is 11.5. The van der Waals surface area contributed by atoms with Gasteiger partial charge < -0.3 is 5.32 Å². The molecule has 0 fully saturated rings. The number of nitrogens with one attached hydrogen (secondary N) is 1. The zero-order valence-electron chi connectivity index (χ0n) is 7.71. The average molecular weight is 175 g/mol. The maximum absolute atomic E-state index is 11.5. The Kier molecular flexibility index (Phi) is 2.05. The number of rotatable bonds is 1. The molecule has 2 rings (SSSR count). The van der Waals surface area contributed by atoms with E-state index in [9.17, 15) is 4.79 Å². The van der Waals surface area contributed by atoms with Gasteiger partial charge >= 0.3 is 0 Å². The van der Waals surface area contributed by atoms with Crippen LogP contribution in [0.3, 0.4) is 0 Å². The van der Waals surface area contributed by atoms with Crippen LogP contribution in [0.5, 0.6) is 0 Å². The fraction of sp³-hybridized carbons (Fsp3) is 0.364. The van der Waals surface area contributed by atoms with Crippen molar-refractivity contribution in [2.24, 2.45) is 0 Å². The van der Waals surface area contributed by atoms with Gasteiger partial charge in [-0.2, -0.15) is 0 Å². The molecule has 0 saturated carbocycles. The van der Waals surface area contributed by atoms with Crippen molar-refractivity contribution >= 4 is 5.91 Å². The van der Waals surface area contributed by atoms with Crippen LogP contribution >= 0.6 is 0 Å². The Morgan fingerprint density at radius 2 is 2.23 bits per heavy atom. The molecule has 2 nitrogen and oxygen atoms in total. The Bertz CT molecular complexity index is 333. The van der Waals surface area contributed by atoms with Crippen LogP contribution < -0.4 is 5.32 Å². The lowest BCUT2D eigenvalue weighted by Gasteiger charge is -2.24. The van der Waals surface area contributed by atoms with E-state index in [1.54, 1.807) is 0 Å². The number of carbonyl (C=O) groups is 1. The summed E-state index contributed by atoms with van der Waals surface area (Å²) in [7, 11) is 0. The first-order valence-corrected chi connectivity index (χ1v) is 4.70. The van der Waals surface area contributed by atoms with Gasteiger partial charge in [0.2, 0.25) is 0 Å². The van der Waals surface area contributed by atoms with Crippen LogP contribution in [0.4, 0.5) is 0 Å². The number of hydrogen-bond acceptors (Lipinski definition) is 1. The molecule has 2 heteroatoms. The molecular weight excluding hydrogens is 162 g/mol. The normalized spacial score (nSPS) is 20.7. The van der Waals surface area contributed by atoms with Gasteiger partial charge in [-0.15, -0.1) is 0 Å². The molecule has 13 heavy (non-hydrogen) atoms. The molecule has 0 aliphatic carbocycles. The molecule has 0 spiro atoms. The minimum absolute atomic E-state index is 0.0775. The topological polar surface area (TPSA) is 29.1 Å². The monoisotopic (exact) mass is 175 g/mol. The minimum Gasteiger partial charge on any atom is -0.349 e. The van der Waals surface area contributed by atoms with Crippen molar-refractivity contribution in [2.75, 3.05) is 0 Å². The average Bonchev–Trinajstić information content (AvgIpc) is 2.18. The van der Waals surface area contributed by atoms with Crippen LogP contribution in [0.25, 0.3) is 0 Å². The van der Waals surface area contributed by atoms with Crippen molar-refractivity contribution in [1.82, 2.24) is 5.32 Å². The van der Waals surface area contributed by atoms with Gasteiger partial charge in [-0.3, -0.25) is 4.79 Å². The van der Waals surface area contributed by atoms with Crippen molar-refractivity contribution in [3.05, 3.63) is 35.4 Å². The van der Waals surface area contributed by atoms with E-state index in [-0.39, 0.29) is 5.91 Å². The highest BCUT2D eigenvalue weighted by molar-refractivity contribution is 5.96. The standard InChI is InChI=1S/C11H13NO/c1-2-9-7-8-5-3-4-6-10(8)11(13)12-9/h3-6,9H,2,7H2,1H3,(H,12,13)/t9-/m0/s1. The highest BCUT2D eigenvalue weighted by atomic mass is 16.1. The van der Waals surface area contributed by atoms with Gasteiger partial charge in [0.1, 0.15) is 0 Å². The van der Waals surface area contributed by atoms with Crippen LogP contribution in [0.1, 0.15) is 29.3 Å².